The Kier molecular flexibility index (Phi) is 6.01. The van der Waals surface area contributed by atoms with Gasteiger partial charge in [-0.2, -0.15) is 0 Å². The van der Waals surface area contributed by atoms with Crippen LogP contribution < -0.4 is 10.2 Å². The van der Waals surface area contributed by atoms with E-state index in [2.05, 4.69) is 0 Å². The van der Waals surface area contributed by atoms with Crippen molar-refractivity contribution in [3.05, 3.63) is 74.6 Å². The molecule has 0 bridgehead atoms. The first kappa shape index (κ1) is 22.4. The minimum absolute atomic E-state index is 0.0173. The largest absolute Gasteiger partial charge is 0.497 e. The molecule has 1 aromatic heterocycles. The number of hydrogen-bond donors (Lipinski definition) is 0. The molecule has 4 rings (SSSR count). The zero-order valence-corrected chi connectivity index (χ0v) is 19.2. The number of halogens is 1. The lowest BCUT2D eigenvalue weighted by Crippen LogP contribution is -2.40. The summed E-state index contributed by atoms with van der Waals surface area (Å²) < 4.78 is 35.2. The van der Waals surface area contributed by atoms with Crippen molar-refractivity contribution in [2.75, 3.05) is 18.6 Å². The molecule has 2 aromatic carbocycles. The second-order valence-corrected chi connectivity index (χ2v) is 10.5. The summed E-state index contributed by atoms with van der Waals surface area (Å²) in [6.07, 6.45) is 0.330. The molecule has 7 nitrogen and oxygen atoms in total. The van der Waals surface area contributed by atoms with E-state index >= 15 is 0 Å². The van der Waals surface area contributed by atoms with Gasteiger partial charge in [-0.3, -0.25) is 9.59 Å². The quantitative estimate of drug-likeness (QED) is 0.559. The van der Waals surface area contributed by atoms with Gasteiger partial charge in [0.2, 0.25) is 0 Å². The number of hydrogen-bond acceptors (Lipinski definition) is 6. The van der Waals surface area contributed by atoms with Crippen LogP contribution in [-0.4, -0.2) is 43.9 Å². The summed E-state index contributed by atoms with van der Waals surface area (Å²) in [6, 6.07) is 10.9. The number of ether oxygens (including phenoxy) is 1. The highest BCUT2D eigenvalue weighted by Crippen LogP contribution is 2.26. The summed E-state index contributed by atoms with van der Waals surface area (Å²) in [7, 11) is -1.67. The number of sulfone groups is 1. The van der Waals surface area contributed by atoms with Gasteiger partial charge in [-0.15, -0.1) is 0 Å². The zero-order valence-electron chi connectivity index (χ0n) is 17.6. The number of fused-ring (bicyclic) bond motifs is 1. The molecule has 1 aliphatic heterocycles. The average molecular weight is 476 g/mol. The number of carbonyl (C=O) groups is 1. The number of methoxy groups -OCH3 is 1. The van der Waals surface area contributed by atoms with Crippen LogP contribution in [0.4, 0.5) is 0 Å². The molecule has 1 atom stereocenters. The number of amides is 1. The molecule has 0 aliphatic carbocycles. The number of aryl methyl sites for hydroxylation is 1. The molecule has 0 saturated carbocycles. The molecular weight excluding hydrogens is 454 g/mol. The molecule has 3 aromatic rings. The Hall–Kier alpha value is -2.84. The summed E-state index contributed by atoms with van der Waals surface area (Å²) >= 11 is 6.12. The Morgan fingerprint density at radius 2 is 1.94 bits per heavy atom. The van der Waals surface area contributed by atoms with Crippen molar-refractivity contribution >= 4 is 38.3 Å². The highest BCUT2D eigenvalue weighted by molar-refractivity contribution is 7.91. The molecule has 1 aliphatic rings. The molecule has 2 heterocycles. The van der Waals surface area contributed by atoms with Gasteiger partial charge in [-0.1, -0.05) is 23.7 Å². The van der Waals surface area contributed by atoms with Crippen LogP contribution >= 0.6 is 11.6 Å². The second-order valence-electron chi connectivity index (χ2n) is 7.91. The minimum atomic E-state index is -3.23. The van der Waals surface area contributed by atoms with Crippen molar-refractivity contribution < 1.29 is 22.4 Å². The first-order valence-corrected chi connectivity index (χ1v) is 12.2. The van der Waals surface area contributed by atoms with Crippen LogP contribution in [0.2, 0.25) is 5.02 Å². The summed E-state index contributed by atoms with van der Waals surface area (Å²) in [4.78, 5) is 27.6. The fourth-order valence-corrected chi connectivity index (χ4v) is 5.73. The Labute approximate surface area is 190 Å². The molecule has 1 saturated heterocycles. The van der Waals surface area contributed by atoms with Gasteiger partial charge in [-0.25, -0.2) is 8.42 Å². The van der Waals surface area contributed by atoms with Gasteiger partial charge >= 0.3 is 0 Å². The van der Waals surface area contributed by atoms with E-state index in [1.165, 1.54) is 11.0 Å². The fourth-order valence-electron chi connectivity index (χ4n) is 3.84. The van der Waals surface area contributed by atoms with Crippen LogP contribution in [0.15, 0.2) is 51.7 Å². The van der Waals surface area contributed by atoms with Crippen molar-refractivity contribution in [1.82, 2.24) is 4.90 Å². The van der Waals surface area contributed by atoms with Gasteiger partial charge in [0.05, 0.1) is 24.0 Å². The standard InChI is InChI=1S/C23H22ClNO6S/c1-14-9-21-18(10-19(14)24)20(26)11-22(31-21)23(27)25(16-7-8-32(28,29)13-16)12-15-3-5-17(30-2)6-4-15/h3-6,9-11,16H,7-8,12-13H2,1-2H3. The minimum Gasteiger partial charge on any atom is -0.497 e. The fraction of sp³-hybridized carbons (Fsp3) is 0.304. The van der Waals surface area contributed by atoms with Gasteiger partial charge in [0.1, 0.15) is 11.3 Å². The second kappa shape index (κ2) is 8.60. The third-order valence-electron chi connectivity index (χ3n) is 5.64. The first-order valence-electron chi connectivity index (χ1n) is 10.1. The predicted molar refractivity (Wildman–Crippen MR) is 122 cm³/mol. The highest BCUT2D eigenvalue weighted by Gasteiger charge is 2.36. The number of carbonyl (C=O) groups excluding carboxylic acids is 1. The van der Waals surface area contributed by atoms with Gasteiger partial charge in [-0.05, 0) is 48.7 Å². The van der Waals surface area contributed by atoms with E-state index in [-0.39, 0.29) is 40.2 Å². The zero-order chi connectivity index (χ0) is 23.0. The first-order chi connectivity index (χ1) is 15.2. The van der Waals surface area contributed by atoms with E-state index < -0.39 is 21.8 Å². The summed E-state index contributed by atoms with van der Waals surface area (Å²) in [5.41, 5.74) is 1.38. The third-order valence-corrected chi connectivity index (χ3v) is 7.80. The Morgan fingerprint density at radius 3 is 2.56 bits per heavy atom. The van der Waals surface area contributed by atoms with E-state index in [1.54, 1.807) is 32.2 Å². The molecule has 1 amide bonds. The molecule has 0 spiro atoms. The number of nitrogens with zero attached hydrogens (tertiary/aromatic N) is 1. The Morgan fingerprint density at radius 1 is 1.22 bits per heavy atom. The Bertz CT molecular complexity index is 1350. The van der Waals surface area contributed by atoms with Crippen molar-refractivity contribution in [2.45, 2.75) is 25.9 Å². The highest BCUT2D eigenvalue weighted by atomic mass is 35.5. The molecule has 32 heavy (non-hydrogen) atoms. The van der Waals surface area contributed by atoms with Crippen molar-refractivity contribution in [3.8, 4) is 5.75 Å². The normalized spacial score (nSPS) is 17.4. The van der Waals surface area contributed by atoms with Gasteiger partial charge in [0.25, 0.3) is 5.91 Å². The average Bonchev–Trinajstić information content (AvgIpc) is 3.12. The van der Waals surface area contributed by atoms with Crippen LogP contribution in [-0.2, 0) is 16.4 Å². The van der Waals surface area contributed by atoms with Crippen LogP contribution in [0, 0.1) is 6.92 Å². The van der Waals surface area contributed by atoms with Crippen molar-refractivity contribution in [1.29, 1.82) is 0 Å². The van der Waals surface area contributed by atoms with Crippen molar-refractivity contribution in [3.63, 3.8) is 0 Å². The van der Waals surface area contributed by atoms with Crippen LogP contribution in [0.5, 0.6) is 5.75 Å². The molecule has 0 radical (unpaired) electrons. The van der Waals surface area contributed by atoms with Crippen molar-refractivity contribution in [2.24, 2.45) is 0 Å². The Balaban J connectivity index is 1.73. The van der Waals surface area contributed by atoms with E-state index in [1.807, 2.05) is 12.1 Å². The van der Waals surface area contributed by atoms with Crippen LogP contribution in [0.25, 0.3) is 11.0 Å². The van der Waals surface area contributed by atoms with Crippen LogP contribution in [0.1, 0.15) is 28.1 Å². The number of rotatable bonds is 5. The molecule has 168 valence electrons. The summed E-state index contributed by atoms with van der Waals surface area (Å²) in [5.74, 6) is -0.105. The molecule has 1 unspecified atom stereocenters. The predicted octanol–water partition coefficient (Wildman–Crippen LogP) is 3.59. The monoisotopic (exact) mass is 475 g/mol. The van der Waals surface area contributed by atoms with E-state index in [0.717, 1.165) is 11.6 Å². The van der Waals surface area contributed by atoms with E-state index in [4.69, 9.17) is 20.8 Å². The van der Waals surface area contributed by atoms with E-state index in [9.17, 15) is 18.0 Å². The molecule has 0 N–H and O–H groups in total. The lowest BCUT2D eigenvalue weighted by Gasteiger charge is -2.28. The maximum atomic E-state index is 13.5. The lowest BCUT2D eigenvalue weighted by atomic mass is 10.1. The molecular formula is C23H22ClNO6S. The third kappa shape index (κ3) is 4.52. The molecule has 1 fully saturated rings. The smallest absolute Gasteiger partial charge is 0.290 e. The van der Waals surface area contributed by atoms with Gasteiger partial charge in [0.15, 0.2) is 21.0 Å². The summed E-state index contributed by atoms with van der Waals surface area (Å²) in [5, 5.41) is 0.712. The molecule has 9 heteroatoms. The maximum absolute atomic E-state index is 13.5. The van der Waals surface area contributed by atoms with Crippen LogP contribution in [0.3, 0.4) is 0 Å². The number of benzene rings is 2. The van der Waals surface area contributed by atoms with Gasteiger partial charge in [0, 0.05) is 23.7 Å². The van der Waals surface area contributed by atoms with E-state index in [0.29, 0.717) is 22.8 Å². The lowest BCUT2D eigenvalue weighted by molar-refractivity contribution is 0.0648. The SMILES string of the molecule is COc1ccc(CN(C(=O)c2cc(=O)c3cc(Cl)c(C)cc3o2)C2CCS(=O)(=O)C2)cc1. The summed E-state index contributed by atoms with van der Waals surface area (Å²) in [6.45, 7) is 1.94. The van der Waals surface area contributed by atoms with Gasteiger partial charge < -0.3 is 14.1 Å². The maximum Gasteiger partial charge on any atom is 0.290 e. The topological polar surface area (TPSA) is 93.9 Å².